The number of rotatable bonds is 1. The monoisotopic (exact) mass is 195 g/mol. The lowest BCUT2D eigenvalue weighted by atomic mass is 9.86. The van der Waals surface area contributed by atoms with Gasteiger partial charge in [-0.1, -0.05) is 0 Å². The Balaban J connectivity index is 2.22. The van der Waals surface area contributed by atoms with Gasteiger partial charge in [0.2, 0.25) is 0 Å². The van der Waals surface area contributed by atoms with Crippen LogP contribution < -0.4 is 5.59 Å². The summed E-state index contributed by atoms with van der Waals surface area (Å²) < 4.78 is 16.4. The number of nitrogens with zero attached hydrogens (tertiary/aromatic N) is 1. The van der Waals surface area contributed by atoms with E-state index in [0.717, 1.165) is 0 Å². The number of aromatic nitrogens is 1. The zero-order valence-electron chi connectivity index (χ0n) is 8.90. The molecule has 1 aromatic rings. The molecule has 0 atom stereocenters. The van der Waals surface area contributed by atoms with Gasteiger partial charge >= 0.3 is 7.12 Å². The fourth-order valence-corrected chi connectivity index (χ4v) is 1.30. The predicted octanol–water partition coefficient (Wildman–Crippen LogP) is 0.974. The Morgan fingerprint density at radius 3 is 2.14 bits per heavy atom. The van der Waals surface area contributed by atoms with Gasteiger partial charge in [0.15, 0.2) is 6.39 Å². The number of hydrogen-bond acceptors (Lipinski definition) is 4. The molecule has 0 radical (unpaired) electrons. The molecule has 14 heavy (non-hydrogen) atoms. The van der Waals surface area contributed by atoms with Gasteiger partial charge in [-0.15, -0.1) is 0 Å². The van der Waals surface area contributed by atoms with E-state index in [4.69, 9.17) is 13.7 Å². The van der Waals surface area contributed by atoms with Crippen molar-refractivity contribution in [2.45, 2.75) is 38.9 Å². The average molecular weight is 195 g/mol. The Morgan fingerprint density at radius 2 is 1.71 bits per heavy atom. The third-order valence-electron chi connectivity index (χ3n) is 2.95. The minimum atomic E-state index is -0.418. The lowest BCUT2D eigenvalue weighted by Gasteiger charge is -2.32. The van der Waals surface area contributed by atoms with Gasteiger partial charge in [0.05, 0.1) is 11.2 Å². The van der Waals surface area contributed by atoms with Crippen LogP contribution in [-0.2, 0) is 9.31 Å². The normalized spacial score (nSPS) is 24.1. The lowest BCUT2D eigenvalue weighted by molar-refractivity contribution is 0.00578. The van der Waals surface area contributed by atoms with Crippen LogP contribution in [0.4, 0.5) is 0 Å². The summed E-state index contributed by atoms with van der Waals surface area (Å²) >= 11 is 0. The maximum absolute atomic E-state index is 5.76. The van der Waals surface area contributed by atoms with Crippen LogP contribution in [0.3, 0.4) is 0 Å². The van der Waals surface area contributed by atoms with Crippen LogP contribution in [0.1, 0.15) is 27.7 Å². The molecule has 76 valence electrons. The van der Waals surface area contributed by atoms with Crippen molar-refractivity contribution in [2.24, 2.45) is 0 Å². The molecule has 0 N–H and O–H groups in total. The van der Waals surface area contributed by atoms with Crippen molar-refractivity contribution in [3.63, 3.8) is 0 Å². The smallest absolute Gasteiger partial charge is 0.452 e. The summed E-state index contributed by atoms with van der Waals surface area (Å²) in [5.74, 6) is 0. The molecule has 0 saturated carbocycles. The molecule has 2 heterocycles. The van der Waals surface area contributed by atoms with Crippen LogP contribution in [0.2, 0.25) is 0 Å². The maximum atomic E-state index is 5.76. The highest BCUT2D eigenvalue weighted by atomic mass is 16.7. The Morgan fingerprint density at radius 1 is 1.14 bits per heavy atom. The van der Waals surface area contributed by atoms with E-state index in [0.29, 0.717) is 5.59 Å². The zero-order chi connectivity index (χ0) is 10.4. The van der Waals surface area contributed by atoms with E-state index >= 15 is 0 Å². The Labute approximate surface area is 83.7 Å². The first-order valence-corrected chi connectivity index (χ1v) is 4.66. The summed E-state index contributed by atoms with van der Waals surface area (Å²) in [6.45, 7) is 8.03. The zero-order valence-corrected chi connectivity index (χ0v) is 8.90. The Bertz CT molecular complexity index is 305. The van der Waals surface area contributed by atoms with Crippen molar-refractivity contribution in [2.75, 3.05) is 0 Å². The van der Waals surface area contributed by atoms with Crippen LogP contribution in [0.25, 0.3) is 0 Å². The van der Waals surface area contributed by atoms with Crippen LogP contribution in [0.15, 0.2) is 17.1 Å². The Hall–Kier alpha value is -0.805. The average Bonchev–Trinajstić information content (AvgIpc) is 2.58. The molecule has 0 bridgehead atoms. The second kappa shape index (κ2) is 2.84. The van der Waals surface area contributed by atoms with E-state index in [1.165, 1.54) is 6.39 Å². The highest BCUT2D eigenvalue weighted by molar-refractivity contribution is 6.61. The molecular formula is C9H14BNO3. The van der Waals surface area contributed by atoms with Crippen LogP contribution in [0, 0.1) is 0 Å². The molecule has 0 aromatic carbocycles. The first-order chi connectivity index (χ1) is 6.42. The van der Waals surface area contributed by atoms with Gasteiger partial charge < -0.3 is 13.7 Å². The van der Waals surface area contributed by atoms with Gasteiger partial charge in [0.1, 0.15) is 11.9 Å². The quantitative estimate of drug-likeness (QED) is 0.626. The van der Waals surface area contributed by atoms with E-state index in [-0.39, 0.29) is 11.2 Å². The molecule has 1 aromatic heterocycles. The fourth-order valence-electron chi connectivity index (χ4n) is 1.30. The second-order valence-electron chi connectivity index (χ2n) is 4.50. The summed E-state index contributed by atoms with van der Waals surface area (Å²) in [6, 6.07) is 0. The summed E-state index contributed by atoms with van der Waals surface area (Å²) in [4.78, 5) is 4.01. The molecule has 2 rings (SSSR count). The molecule has 1 fully saturated rings. The SMILES string of the molecule is CC1(C)OB(c2cocn2)OC1(C)C. The van der Waals surface area contributed by atoms with Crippen molar-refractivity contribution in [3.8, 4) is 0 Å². The minimum Gasteiger partial charge on any atom is -0.452 e. The van der Waals surface area contributed by atoms with Gasteiger partial charge in [-0.25, -0.2) is 4.98 Å². The van der Waals surface area contributed by atoms with Gasteiger partial charge in [0, 0.05) is 0 Å². The molecular weight excluding hydrogens is 181 g/mol. The fraction of sp³-hybridized carbons (Fsp3) is 0.667. The summed E-state index contributed by atoms with van der Waals surface area (Å²) in [5.41, 5.74) is 0.0383. The van der Waals surface area contributed by atoms with E-state index in [1.807, 2.05) is 27.7 Å². The molecule has 0 spiro atoms. The van der Waals surface area contributed by atoms with Gasteiger partial charge in [-0.05, 0) is 27.7 Å². The van der Waals surface area contributed by atoms with Gasteiger partial charge in [-0.2, -0.15) is 0 Å². The van der Waals surface area contributed by atoms with Crippen molar-refractivity contribution in [1.82, 2.24) is 4.98 Å². The van der Waals surface area contributed by atoms with Crippen LogP contribution in [-0.4, -0.2) is 23.3 Å². The largest absolute Gasteiger partial charge is 0.517 e. The van der Waals surface area contributed by atoms with Crippen molar-refractivity contribution < 1.29 is 13.7 Å². The topological polar surface area (TPSA) is 44.5 Å². The first kappa shape index (κ1) is 9.74. The van der Waals surface area contributed by atoms with Crippen LogP contribution >= 0.6 is 0 Å². The van der Waals surface area contributed by atoms with E-state index in [1.54, 1.807) is 6.26 Å². The Kier molecular flexibility index (Phi) is 1.98. The molecule has 1 aliphatic rings. The van der Waals surface area contributed by atoms with Gasteiger partial charge in [0.25, 0.3) is 0 Å². The van der Waals surface area contributed by atoms with Gasteiger partial charge in [-0.3, -0.25) is 0 Å². The van der Waals surface area contributed by atoms with E-state index < -0.39 is 7.12 Å². The van der Waals surface area contributed by atoms with Crippen molar-refractivity contribution in [1.29, 1.82) is 0 Å². The number of oxazole rings is 1. The number of hydrogen-bond donors (Lipinski definition) is 0. The predicted molar refractivity (Wildman–Crippen MR) is 52.2 cm³/mol. The van der Waals surface area contributed by atoms with E-state index in [9.17, 15) is 0 Å². The maximum Gasteiger partial charge on any atom is 0.517 e. The molecule has 1 saturated heterocycles. The molecule has 1 aliphatic heterocycles. The van der Waals surface area contributed by atoms with Crippen LogP contribution in [0.5, 0.6) is 0 Å². The molecule has 0 amide bonds. The second-order valence-corrected chi connectivity index (χ2v) is 4.50. The highest BCUT2D eigenvalue weighted by Gasteiger charge is 2.52. The van der Waals surface area contributed by atoms with Crippen molar-refractivity contribution in [3.05, 3.63) is 12.7 Å². The van der Waals surface area contributed by atoms with E-state index in [2.05, 4.69) is 4.98 Å². The summed E-state index contributed by atoms with van der Waals surface area (Å²) in [6.07, 6.45) is 2.92. The molecule has 0 aliphatic carbocycles. The van der Waals surface area contributed by atoms with Crippen molar-refractivity contribution >= 4 is 12.7 Å². The molecule has 0 unspecified atom stereocenters. The highest BCUT2D eigenvalue weighted by Crippen LogP contribution is 2.36. The first-order valence-electron chi connectivity index (χ1n) is 4.66. The third kappa shape index (κ3) is 1.37. The lowest BCUT2D eigenvalue weighted by Crippen LogP contribution is -2.41. The minimum absolute atomic E-state index is 0.323. The molecule has 5 heteroatoms. The third-order valence-corrected chi connectivity index (χ3v) is 2.95. The standard InChI is InChI=1S/C9H14BNO3/c1-8(2)9(3,4)14-10(13-8)7-5-12-6-11-7/h5-6H,1-4H3. The molecule has 4 nitrogen and oxygen atoms in total. The summed E-state index contributed by atoms with van der Waals surface area (Å²) in [5, 5.41) is 0. The summed E-state index contributed by atoms with van der Waals surface area (Å²) in [7, 11) is -0.418.